The van der Waals surface area contributed by atoms with Crippen molar-refractivity contribution < 1.29 is 27.8 Å². The standard InChI is InChI=1S/C28H36F2N4O4/c1-8-31-24(23-18(2)15-21(16-22(23)29)38-14-13-37-7)33-19-9-11-20(12-10-19)34-26(36)28(6,30)25(35)32-17-27(3,4)5/h8-12,15-16,33H,2,13-14,17H2,1,3-7H3,(H,32,35)(H,34,36)/b24-23-,31-8-. The lowest BCUT2D eigenvalue weighted by atomic mass is 9.96. The first-order valence-corrected chi connectivity index (χ1v) is 12.1. The van der Waals surface area contributed by atoms with E-state index in [0.29, 0.717) is 23.3 Å². The summed E-state index contributed by atoms with van der Waals surface area (Å²) in [5.74, 6) is -2.15. The molecule has 1 unspecified atom stereocenters. The summed E-state index contributed by atoms with van der Waals surface area (Å²) >= 11 is 0. The number of hydrogen-bond donors (Lipinski definition) is 3. The van der Waals surface area contributed by atoms with Crippen LogP contribution in [0.4, 0.5) is 20.2 Å². The molecule has 8 nitrogen and oxygen atoms in total. The molecule has 0 saturated heterocycles. The number of rotatable bonds is 11. The number of benzene rings is 2. The summed E-state index contributed by atoms with van der Waals surface area (Å²) in [6.45, 7) is 13.0. The van der Waals surface area contributed by atoms with Crippen molar-refractivity contribution >= 4 is 41.8 Å². The maximum absolute atomic E-state index is 15.0. The summed E-state index contributed by atoms with van der Waals surface area (Å²) in [5, 5.41) is 8.43. The Morgan fingerprint density at radius 1 is 1.03 bits per heavy atom. The van der Waals surface area contributed by atoms with Crippen molar-refractivity contribution in [3.8, 4) is 5.75 Å². The lowest BCUT2D eigenvalue weighted by Gasteiger charge is -2.23. The van der Waals surface area contributed by atoms with Gasteiger partial charge in [0, 0.05) is 37.3 Å². The van der Waals surface area contributed by atoms with Crippen molar-refractivity contribution in [1.82, 2.24) is 5.32 Å². The number of hydrogen-bond acceptors (Lipinski definition) is 6. The van der Waals surface area contributed by atoms with E-state index in [0.717, 1.165) is 6.92 Å². The number of carbonyl (C=O) groups excluding carboxylic acids is 2. The molecule has 38 heavy (non-hydrogen) atoms. The number of nitrogens with zero attached hydrogens (tertiary/aromatic N) is 1. The first kappa shape index (κ1) is 30.4. The van der Waals surface area contributed by atoms with E-state index in [9.17, 15) is 18.4 Å². The number of halogens is 2. The van der Waals surface area contributed by atoms with Gasteiger partial charge < -0.3 is 25.4 Å². The van der Waals surface area contributed by atoms with E-state index in [1.807, 2.05) is 20.8 Å². The fourth-order valence-electron chi connectivity index (χ4n) is 3.15. The summed E-state index contributed by atoms with van der Waals surface area (Å²) in [5.41, 5.74) is -2.23. The van der Waals surface area contributed by atoms with E-state index in [4.69, 9.17) is 9.47 Å². The molecule has 2 amide bonds. The molecule has 0 aliphatic rings. The lowest BCUT2D eigenvalue weighted by Crippen LogP contribution is -2.51. The summed E-state index contributed by atoms with van der Waals surface area (Å²) < 4.78 is 40.3. The average molecular weight is 531 g/mol. The van der Waals surface area contributed by atoms with E-state index in [1.165, 1.54) is 24.4 Å². The molecule has 2 aromatic carbocycles. The number of aliphatic imine (C=N–C) groups is 1. The third-order valence-corrected chi connectivity index (χ3v) is 5.23. The van der Waals surface area contributed by atoms with Crippen LogP contribution in [0.1, 0.15) is 34.6 Å². The van der Waals surface area contributed by atoms with E-state index in [2.05, 4.69) is 27.5 Å². The average Bonchev–Trinajstić information content (AvgIpc) is 2.83. The van der Waals surface area contributed by atoms with E-state index in [1.54, 1.807) is 32.2 Å². The Bertz CT molecular complexity index is 1270. The first-order valence-electron chi connectivity index (χ1n) is 12.1. The maximum Gasteiger partial charge on any atom is 0.271 e. The van der Waals surface area contributed by atoms with Gasteiger partial charge in [-0.3, -0.25) is 9.59 Å². The van der Waals surface area contributed by atoms with Crippen molar-refractivity contribution in [2.45, 2.75) is 40.3 Å². The normalized spacial score (nSPS) is 14.0. The second-order valence-corrected chi connectivity index (χ2v) is 9.92. The minimum atomic E-state index is -2.76. The van der Waals surface area contributed by atoms with Gasteiger partial charge in [0.25, 0.3) is 17.5 Å². The fourth-order valence-corrected chi connectivity index (χ4v) is 3.15. The summed E-state index contributed by atoms with van der Waals surface area (Å²) in [4.78, 5) is 29.0. The van der Waals surface area contributed by atoms with Crippen LogP contribution in [0.2, 0.25) is 0 Å². The summed E-state index contributed by atoms with van der Waals surface area (Å²) in [6, 6.07) is 9.08. The van der Waals surface area contributed by atoms with Crippen LogP contribution in [0.25, 0.3) is 12.4 Å². The van der Waals surface area contributed by atoms with Gasteiger partial charge in [-0.05, 0) is 54.8 Å². The molecule has 3 N–H and O–H groups in total. The fraction of sp³-hybridized carbons (Fsp3) is 0.393. The van der Waals surface area contributed by atoms with Gasteiger partial charge in [0.15, 0.2) is 0 Å². The van der Waals surface area contributed by atoms with Crippen LogP contribution < -0.4 is 31.1 Å². The predicted molar refractivity (Wildman–Crippen MR) is 147 cm³/mol. The van der Waals surface area contributed by atoms with Crippen LogP contribution in [0.15, 0.2) is 41.4 Å². The smallest absolute Gasteiger partial charge is 0.271 e. The van der Waals surface area contributed by atoms with Crippen molar-refractivity contribution in [2.24, 2.45) is 10.4 Å². The molecule has 2 rings (SSSR count). The highest BCUT2D eigenvalue weighted by molar-refractivity contribution is 6.13. The molecule has 0 aromatic heterocycles. The van der Waals surface area contributed by atoms with Crippen LogP contribution in [-0.2, 0) is 14.3 Å². The molecule has 0 aliphatic heterocycles. The topological polar surface area (TPSA) is 101 Å². The van der Waals surface area contributed by atoms with Gasteiger partial charge in [0.2, 0.25) is 0 Å². The highest BCUT2D eigenvalue weighted by atomic mass is 19.1. The number of amides is 2. The number of anilines is 2. The quantitative estimate of drug-likeness (QED) is 0.235. The van der Waals surface area contributed by atoms with Crippen molar-refractivity contribution in [3.05, 3.63) is 52.7 Å². The van der Waals surface area contributed by atoms with Gasteiger partial charge in [0.05, 0.1) is 11.8 Å². The molecule has 10 heteroatoms. The molecular formula is C28H36F2N4O4. The molecule has 0 bridgehead atoms. The molecule has 0 saturated carbocycles. The zero-order chi connectivity index (χ0) is 28.5. The van der Waals surface area contributed by atoms with Gasteiger partial charge in [-0.1, -0.05) is 27.4 Å². The van der Waals surface area contributed by atoms with Crippen LogP contribution in [0, 0.1) is 11.2 Å². The Labute approximate surface area is 221 Å². The second kappa shape index (κ2) is 13.1. The number of ether oxygens (including phenoxy) is 2. The number of nitrogens with one attached hydrogen (secondary N) is 3. The van der Waals surface area contributed by atoms with Crippen molar-refractivity contribution in [2.75, 3.05) is 37.5 Å². The molecule has 0 fully saturated rings. The molecule has 2 aromatic rings. The Balaban J connectivity index is 2.21. The SMILES string of the molecule is C=c1cc(OCCOC)cc(F)/c1=C(/N=C\C)Nc1ccc(NC(=O)C(C)(F)C(=O)NCC(C)(C)C)cc1. The number of methoxy groups -OCH3 is 1. The lowest BCUT2D eigenvalue weighted by molar-refractivity contribution is -0.141. The number of carbonyl (C=O) groups is 2. The van der Waals surface area contributed by atoms with Crippen molar-refractivity contribution in [1.29, 1.82) is 0 Å². The zero-order valence-electron chi connectivity index (χ0n) is 22.7. The maximum atomic E-state index is 15.0. The van der Waals surface area contributed by atoms with Gasteiger partial charge in [0.1, 0.15) is 24.0 Å². The Morgan fingerprint density at radius 2 is 1.63 bits per heavy atom. The van der Waals surface area contributed by atoms with Gasteiger partial charge in [-0.15, -0.1) is 0 Å². The molecule has 0 spiro atoms. The zero-order valence-corrected chi connectivity index (χ0v) is 22.7. The van der Waals surface area contributed by atoms with Crippen LogP contribution in [0.5, 0.6) is 5.75 Å². The Kier molecular flexibility index (Phi) is 10.5. The Morgan fingerprint density at radius 3 is 2.16 bits per heavy atom. The van der Waals surface area contributed by atoms with Crippen LogP contribution >= 0.6 is 0 Å². The van der Waals surface area contributed by atoms with Gasteiger partial charge in [-0.2, -0.15) is 0 Å². The molecular weight excluding hydrogens is 494 g/mol. The highest BCUT2D eigenvalue weighted by Crippen LogP contribution is 2.20. The molecule has 206 valence electrons. The van der Waals surface area contributed by atoms with Gasteiger partial charge >= 0.3 is 0 Å². The summed E-state index contributed by atoms with van der Waals surface area (Å²) in [6.07, 6.45) is 1.51. The van der Waals surface area contributed by atoms with Gasteiger partial charge in [-0.25, -0.2) is 13.8 Å². The Hall–Kier alpha value is -3.79. The summed E-state index contributed by atoms with van der Waals surface area (Å²) in [7, 11) is 1.54. The first-order chi connectivity index (χ1) is 17.8. The monoisotopic (exact) mass is 530 g/mol. The van der Waals surface area contributed by atoms with Crippen LogP contribution in [0.3, 0.4) is 0 Å². The van der Waals surface area contributed by atoms with E-state index in [-0.39, 0.29) is 35.3 Å². The minimum absolute atomic E-state index is 0.161. The largest absolute Gasteiger partial charge is 0.491 e. The minimum Gasteiger partial charge on any atom is -0.491 e. The third kappa shape index (κ3) is 8.65. The van der Waals surface area contributed by atoms with E-state index < -0.39 is 23.3 Å². The highest BCUT2D eigenvalue weighted by Gasteiger charge is 2.41. The molecule has 0 aliphatic carbocycles. The third-order valence-electron chi connectivity index (χ3n) is 5.23. The second-order valence-electron chi connectivity index (χ2n) is 9.92. The number of alkyl halides is 1. The predicted octanol–water partition coefficient (Wildman–Crippen LogP) is 3.36. The van der Waals surface area contributed by atoms with E-state index >= 15 is 0 Å². The molecule has 0 heterocycles. The van der Waals surface area contributed by atoms with Crippen molar-refractivity contribution in [3.63, 3.8) is 0 Å². The molecule has 0 radical (unpaired) electrons. The molecule has 1 atom stereocenters. The van der Waals surface area contributed by atoms with Crippen LogP contribution in [-0.4, -0.2) is 50.6 Å².